The summed E-state index contributed by atoms with van der Waals surface area (Å²) in [4.78, 5) is 14.0. The topological polar surface area (TPSA) is 20.3 Å². The van der Waals surface area contributed by atoms with Crippen LogP contribution in [0.25, 0.3) is 0 Å². The number of thioether (sulfide) groups is 1. The molecule has 0 aliphatic carbocycles. The molecule has 1 aliphatic rings. The van der Waals surface area contributed by atoms with Crippen LogP contribution < -0.4 is 0 Å². The van der Waals surface area contributed by atoms with Crippen LogP contribution in [0.1, 0.15) is 27.6 Å². The number of hydrogen-bond donors (Lipinski definition) is 0. The predicted molar refractivity (Wildman–Crippen MR) is 88.5 cm³/mol. The van der Waals surface area contributed by atoms with Gasteiger partial charge in [-0.2, -0.15) is 11.8 Å². The van der Waals surface area contributed by atoms with Crippen LogP contribution in [0.3, 0.4) is 0 Å². The Kier molecular flexibility index (Phi) is 4.96. The highest BCUT2D eigenvalue weighted by Crippen LogP contribution is 2.34. The van der Waals surface area contributed by atoms with Crippen molar-refractivity contribution in [3.63, 3.8) is 0 Å². The van der Waals surface area contributed by atoms with Gasteiger partial charge in [0, 0.05) is 24.1 Å². The molecule has 0 spiro atoms. The van der Waals surface area contributed by atoms with E-state index in [1.807, 2.05) is 18.2 Å². The van der Waals surface area contributed by atoms with Crippen molar-refractivity contribution in [2.24, 2.45) is 0 Å². The minimum atomic E-state index is -0.800. The third-order valence-electron chi connectivity index (χ3n) is 3.98. The van der Waals surface area contributed by atoms with Crippen LogP contribution in [0.5, 0.6) is 0 Å². The number of benzene rings is 2. The smallest absolute Gasteiger partial charge is 0.259 e. The zero-order valence-electron chi connectivity index (χ0n) is 12.5. The van der Waals surface area contributed by atoms with Crippen molar-refractivity contribution < 1.29 is 13.6 Å². The van der Waals surface area contributed by atoms with Gasteiger partial charge in [-0.25, -0.2) is 8.78 Å². The van der Waals surface area contributed by atoms with Gasteiger partial charge in [0.05, 0.1) is 0 Å². The first-order chi connectivity index (χ1) is 11.2. The molecule has 0 saturated carbocycles. The van der Waals surface area contributed by atoms with Crippen LogP contribution in [0.4, 0.5) is 8.78 Å². The molecule has 23 heavy (non-hydrogen) atoms. The van der Waals surface area contributed by atoms with Crippen LogP contribution in [-0.4, -0.2) is 29.6 Å². The number of amides is 1. The molecule has 0 aromatic heterocycles. The van der Waals surface area contributed by atoms with Gasteiger partial charge in [-0.3, -0.25) is 4.79 Å². The number of nitrogens with zero attached hydrogens (tertiary/aromatic N) is 1. The first kappa shape index (κ1) is 16.0. The maximum atomic E-state index is 13.8. The number of rotatable bonds is 2. The molecule has 2 nitrogen and oxygen atoms in total. The van der Waals surface area contributed by atoms with Gasteiger partial charge >= 0.3 is 0 Å². The molecule has 1 fully saturated rings. The highest BCUT2D eigenvalue weighted by atomic mass is 32.2. The first-order valence-electron chi connectivity index (χ1n) is 7.56. The average molecular weight is 333 g/mol. The Bertz CT molecular complexity index is 672. The quantitative estimate of drug-likeness (QED) is 0.817. The summed E-state index contributed by atoms with van der Waals surface area (Å²) in [6, 6.07) is 13.6. The van der Waals surface area contributed by atoms with Gasteiger partial charge in [0.25, 0.3) is 5.91 Å². The molecule has 0 N–H and O–H groups in total. The van der Waals surface area contributed by atoms with Crippen molar-refractivity contribution >= 4 is 17.7 Å². The van der Waals surface area contributed by atoms with Gasteiger partial charge in [-0.15, -0.1) is 0 Å². The molecule has 0 radical (unpaired) electrons. The molecule has 3 rings (SSSR count). The van der Waals surface area contributed by atoms with E-state index in [0.717, 1.165) is 24.3 Å². The molecule has 1 atom stereocenters. The Labute approximate surface area is 138 Å². The fourth-order valence-electron chi connectivity index (χ4n) is 2.77. The van der Waals surface area contributed by atoms with Gasteiger partial charge in [0.2, 0.25) is 0 Å². The number of halogens is 2. The minimum Gasteiger partial charge on any atom is -0.338 e. The standard InChI is InChI=1S/C18H17F2NOS/c19-14-7-4-8-15(20)17(14)18(22)21-10-9-16(23-12-11-21)13-5-2-1-3-6-13/h1-8,16H,9-12H2/t16-/m0/s1. The summed E-state index contributed by atoms with van der Waals surface area (Å²) < 4.78 is 27.6. The van der Waals surface area contributed by atoms with E-state index in [9.17, 15) is 13.6 Å². The normalized spacial score (nSPS) is 18.5. The molecule has 5 heteroatoms. The van der Waals surface area contributed by atoms with E-state index < -0.39 is 23.1 Å². The van der Waals surface area contributed by atoms with Crippen molar-refractivity contribution in [1.29, 1.82) is 0 Å². The van der Waals surface area contributed by atoms with Crippen LogP contribution in [0.15, 0.2) is 48.5 Å². The summed E-state index contributed by atoms with van der Waals surface area (Å²) in [5, 5.41) is 0.305. The van der Waals surface area contributed by atoms with E-state index in [4.69, 9.17) is 0 Å². The molecular weight excluding hydrogens is 316 g/mol. The monoisotopic (exact) mass is 333 g/mol. The molecule has 0 unspecified atom stereocenters. The number of carbonyl (C=O) groups is 1. The molecule has 0 bridgehead atoms. The molecule has 1 aliphatic heterocycles. The second-order valence-corrected chi connectivity index (χ2v) is 6.76. The van der Waals surface area contributed by atoms with E-state index >= 15 is 0 Å². The van der Waals surface area contributed by atoms with Crippen LogP contribution in [0, 0.1) is 11.6 Å². The molecule has 1 amide bonds. The van der Waals surface area contributed by atoms with Crippen molar-refractivity contribution in [2.75, 3.05) is 18.8 Å². The van der Waals surface area contributed by atoms with E-state index in [-0.39, 0.29) is 0 Å². The van der Waals surface area contributed by atoms with E-state index in [1.165, 1.54) is 11.6 Å². The van der Waals surface area contributed by atoms with E-state index in [0.29, 0.717) is 18.3 Å². The predicted octanol–water partition coefficient (Wildman–Crippen LogP) is 4.29. The summed E-state index contributed by atoms with van der Waals surface area (Å²) in [6.45, 7) is 1.000. The van der Waals surface area contributed by atoms with E-state index in [1.54, 1.807) is 16.7 Å². The lowest BCUT2D eigenvalue weighted by atomic mass is 10.1. The van der Waals surface area contributed by atoms with Gasteiger partial charge < -0.3 is 4.90 Å². The maximum Gasteiger partial charge on any atom is 0.259 e. The summed E-state index contributed by atoms with van der Waals surface area (Å²) in [5.74, 6) is -1.41. The zero-order valence-corrected chi connectivity index (χ0v) is 13.4. The summed E-state index contributed by atoms with van der Waals surface area (Å²) in [6.07, 6.45) is 0.774. The van der Waals surface area contributed by atoms with Gasteiger partial charge in [0.1, 0.15) is 17.2 Å². The van der Waals surface area contributed by atoms with Crippen molar-refractivity contribution in [1.82, 2.24) is 4.90 Å². The van der Waals surface area contributed by atoms with E-state index in [2.05, 4.69) is 12.1 Å². The van der Waals surface area contributed by atoms with Crippen molar-refractivity contribution in [3.05, 3.63) is 71.3 Å². The lowest BCUT2D eigenvalue weighted by molar-refractivity contribution is 0.0757. The van der Waals surface area contributed by atoms with Gasteiger partial charge in [-0.1, -0.05) is 36.4 Å². The highest BCUT2D eigenvalue weighted by molar-refractivity contribution is 7.99. The fraction of sp³-hybridized carbons (Fsp3) is 0.278. The Hall–Kier alpha value is -1.88. The molecular formula is C18H17F2NOS. The Morgan fingerprint density at radius 1 is 1.00 bits per heavy atom. The van der Waals surface area contributed by atoms with Gasteiger partial charge in [0.15, 0.2) is 0 Å². The van der Waals surface area contributed by atoms with Gasteiger partial charge in [-0.05, 0) is 24.1 Å². The van der Waals surface area contributed by atoms with Crippen LogP contribution in [-0.2, 0) is 0 Å². The third-order valence-corrected chi connectivity index (χ3v) is 5.31. The molecule has 120 valence electrons. The zero-order chi connectivity index (χ0) is 16.2. The van der Waals surface area contributed by atoms with Crippen molar-refractivity contribution in [2.45, 2.75) is 11.7 Å². The van der Waals surface area contributed by atoms with Crippen LogP contribution in [0.2, 0.25) is 0 Å². The largest absolute Gasteiger partial charge is 0.338 e. The molecule has 2 aromatic carbocycles. The lowest BCUT2D eigenvalue weighted by Crippen LogP contribution is -2.34. The van der Waals surface area contributed by atoms with Crippen molar-refractivity contribution in [3.8, 4) is 0 Å². The highest BCUT2D eigenvalue weighted by Gasteiger charge is 2.26. The summed E-state index contributed by atoms with van der Waals surface area (Å²) in [7, 11) is 0. The molecule has 1 heterocycles. The molecule has 2 aromatic rings. The number of hydrogen-bond acceptors (Lipinski definition) is 2. The second kappa shape index (κ2) is 7.13. The first-order valence-corrected chi connectivity index (χ1v) is 8.61. The SMILES string of the molecule is O=C(c1c(F)cccc1F)N1CCS[C@H](c2ccccc2)CC1. The second-order valence-electron chi connectivity index (χ2n) is 5.45. The lowest BCUT2D eigenvalue weighted by Gasteiger charge is -2.21. The summed E-state index contributed by atoms with van der Waals surface area (Å²) in [5.41, 5.74) is 0.777. The fourth-order valence-corrected chi connectivity index (χ4v) is 4.00. The Morgan fingerprint density at radius 2 is 1.70 bits per heavy atom. The Morgan fingerprint density at radius 3 is 2.39 bits per heavy atom. The minimum absolute atomic E-state index is 0.305. The third kappa shape index (κ3) is 3.55. The maximum absolute atomic E-state index is 13.8. The number of carbonyl (C=O) groups excluding carboxylic acids is 1. The van der Waals surface area contributed by atoms with Crippen LogP contribution >= 0.6 is 11.8 Å². The summed E-state index contributed by atoms with van der Waals surface area (Å²) >= 11 is 1.78. The average Bonchev–Trinajstić information content (AvgIpc) is 2.81. The molecule has 1 saturated heterocycles. The Balaban J connectivity index is 1.74.